The summed E-state index contributed by atoms with van der Waals surface area (Å²) in [6, 6.07) is 4.70. The SMILES string of the molecule is Cc1ccc(NC2CCNCC2)cc1C(F)(F)F. The molecule has 0 unspecified atom stereocenters. The number of rotatable bonds is 2. The van der Waals surface area contributed by atoms with Crippen LogP contribution in [0.15, 0.2) is 18.2 Å². The van der Waals surface area contributed by atoms with E-state index in [4.69, 9.17) is 0 Å². The van der Waals surface area contributed by atoms with Crippen LogP contribution < -0.4 is 10.6 Å². The highest BCUT2D eigenvalue weighted by atomic mass is 19.4. The van der Waals surface area contributed by atoms with Crippen molar-refractivity contribution in [3.63, 3.8) is 0 Å². The van der Waals surface area contributed by atoms with Gasteiger partial charge in [0.25, 0.3) is 0 Å². The van der Waals surface area contributed by atoms with Crippen molar-refractivity contribution in [2.75, 3.05) is 18.4 Å². The molecule has 0 aromatic heterocycles. The van der Waals surface area contributed by atoms with Crippen molar-refractivity contribution in [2.24, 2.45) is 0 Å². The normalized spacial score (nSPS) is 17.8. The second-order valence-electron chi connectivity index (χ2n) is 4.70. The van der Waals surface area contributed by atoms with Crippen LogP contribution in [0.3, 0.4) is 0 Å². The van der Waals surface area contributed by atoms with Gasteiger partial charge in [0, 0.05) is 11.7 Å². The molecular weight excluding hydrogens is 241 g/mol. The Morgan fingerprint density at radius 3 is 2.50 bits per heavy atom. The zero-order chi connectivity index (χ0) is 13.2. The number of piperidine rings is 1. The summed E-state index contributed by atoms with van der Waals surface area (Å²) in [5.41, 5.74) is 0.264. The standard InChI is InChI=1S/C13H17F3N2/c1-9-2-3-11(8-12(9)13(14,15)16)18-10-4-6-17-7-5-10/h2-3,8,10,17-18H,4-7H2,1H3. The van der Waals surface area contributed by atoms with Crippen molar-refractivity contribution in [3.05, 3.63) is 29.3 Å². The Bertz CT molecular complexity index is 409. The number of nitrogens with one attached hydrogen (secondary N) is 2. The molecule has 0 atom stereocenters. The van der Waals surface area contributed by atoms with Crippen LogP contribution >= 0.6 is 0 Å². The average molecular weight is 258 g/mol. The lowest BCUT2D eigenvalue weighted by atomic mass is 10.0. The fourth-order valence-electron chi connectivity index (χ4n) is 2.22. The van der Waals surface area contributed by atoms with E-state index in [9.17, 15) is 13.2 Å². The van der Waals surface area contributed by atoms with Gasteiger partial charge in [0.1, 0.15) is 0 Å². The molecule has 0 amide bonds. The van der Waals surface area contributed by atoms with Gasteiger partial charge in [-0.1, -0.05) is 6.07 Å². The molecule has 1 aromatic rings. The summed E-state index contributed by atoms with van der Waals surface area (Å²) in [5.74, 6) is 0. The number of halogens is 3. The molecule has 0 aliphatic carbocycles. The van der Waals surface area contributed by atoms with Crippen LogP contribution in [0.4, 0.5) is 18.9 Å². The van der Waals surface area contributed by atoms with E-state index in [-0.39, 0.29) is 11.6 Å². The molecule has 0 radical (unpaired) electrons. The molecule has 18 heavy (non-hydrogen) atoms. The second kappa shape index (κ2) is 5.18. The van der Waals surface area contributed by atoms with E-state index >= 15 is 0 Å². The number of hydrogen-bond donors (Lipinski definition) is 2. The summed E-state index contributed by atoms with van der Waals surface area (Å²) < 4.78 is 38.3. The number of benzene rings is 1. The Morgan fingerprint density at radius 2 is 1.89 bits per heavy atom. The molecule has 2 nitrogen and oxygen atoms in total. The summed E-state index contributed by atoms with van der Waals surface area (Å²) in [6.07, 6.45) is -2.40. The molecule has 0 bridgehead atoms. The molecule has 1 heterocycles. The van der Waals surface area contributed by atoms with Crippen molar-refractivity contribution in [1.29, 1.82) is 0 Å². The molecule has 0 spiro atoms. The molecule has 1 aliphatic rings. The lowest BCUT2D eigenvalue weighted by Gasteiger charge is -2.25. The van der Waals surface area contributed by atoms with Crippen LogP contribution in [0.25, 0.3) is 0 Å². The Balaban J connectivity index is 2.14. The van der Waals surface area contributed by atoms with Gasteiger partial charge < -0.3 is 10.6 Å². The molecule has 2 N–H and O–H groups in total. The Kier molecular flexibility index (Phi) is 3.80. The third-order valence-electron chi connectivity index (χ3n) is 3.25. The third kappa shape index (κ3) is 3.16. The van der Waals surface area contributed by atoms with Crippen LogP contribution in [0.1, 0.15) is 24.0 Å². The van der Waals surface area contributed by atoms with Gasteiger partial charge in [0.05, 0.1) is 5.56 Å². The smallest absolute Gasteiger partial charge is 0.382 e. The van der Waals surface area contributed by atoms with Crippen molar-refractivity contribution in [1.82, 2.24) is 5.32 Å². The van der Waals surface area contributed by atoms with E-state index in [1.54, 1.807) is 6.07 Å². The fourth-order valence-corrected chi connectivity index (χ4v) is 2.22. The Labute approximate surface area is 105 Å². The molecule has 2 rings (SSSR count). The maximum Gasteiger partial charge on any atom is 0.416 e. The average Bonchev–Trinajstić information content (AvgIpc) is 2.31. The topological polar surface area (TPSA) is 24.1 Å². The predicted octanol–water partition coefficient (Wildman–Crippen LogP) is 3.18. The number of alkyl halides is 3. The highest BCUT2D eigenvalue weighted by molar-refractivity contribution is 5.50. The number of anilines is 1. The largest absolute Gasteiger partial charge is 0.416 e. The zero-order valence-corrected chi connectivity index (χ0v) is 10.3. The molecule has 0 saturated carbocycles. The molecular formula is C13H17F3N2. The van der Waals surface area contributed by atoms with Gasteiger partial charge in [-0.05, 0) is 50.6 Å². The highest BCUT2D eigenvalue weighted by Gasteiger charge is 2.32. The van der Waals surface area contributed by atoms with Gasteiger partial charge in [-0.3, -0.25) is 0 Å². The summed E-state index contributed by atoms with van der Waals surface area (Å²) in [6.45, 7) is 3.31. The first-order valence-electron chi connectivity index (χ1n) is 6.12. The van der Waals surface area contributed by atoms with Crippen molar-refractivity contribution in [3.8, 4) is 0 Å². The number of aryl methyl sites for hydroxylation is 1. The maximum atomic E-state index is 12.8. The molecule has 5 heteroatoms. The first-order valence-corrected chi connectivity index (χ1v) is 6.12. The van der Waals surface area contributed by atoms with Gasteiger partial charge in [0.2, 0.25) is 0 Å². The molecule has 1 aromatic carbocycles. The minimum Gasteiger partial charge on any atom is -0.382 e. The molecule has 100 valence electrons. The fraction of sp³-hybridized carbons (Fsp3) is 0.538. The summed E-state index contributed by atoms with van der Waals surface area (Å²) in [7, 11) is 0. The van der Waals surface area contributed by atoms with E-state index in [2.05, 4.69) is 10.6 Å². The van der Waals surface area contributed by atoms with Gasteiger partial charge >= 0.3 is 6.18 Å². The highest BCUT2D eigenvalue weighted by Crippen LogP contribution is 2.33. The monoisotopic (exact) mass is 258 g/mol. The minimum absolute atomic E-state index is 0.259. The van der Waals surface area contributed by atoms with E-state index in [0.717, 1.165) is 25.9 Å². The van der Waals surface area contributed by atoms with E-state index < -0.39 is 11.7 Å². The van der Waals surface area contributed by atoms with Gasteiger partial charge in [-0.25, -0.2) is 0 Å². The van der Waals surface area contributed by atoms with Crippen molar-refractivity contribution in [2.45, 2.75) is 32.0 Å². The summed E-state index contributed by atoms with van der Waals surface area (Å²) in [5, 5.41) is 6.41. The molecule has 1 fully saturated rings. The van der Waals surface area contributed by atoms with Crippen LogP contribution in [0.2, 0.25) is 0 Å². The second-order valence-corrected chi connectivity index (χ2v) is 4.70. The number of hydrogen-bond acceptors (Lipinski definition) is 2. The van der Waals surface area contributed by atoms with Crippen LogP contribution in [0.5, 0.6) is 0 Å². The molecule has 1 aliphatic heterocycles. The van der Waals surface area contributed by atoms with E-state index in [0.29, 0.717) is 5.69 Å². The quantitative estimate of drug-likeness (QED) is 0.851. The first-order chi connectivity index (χ1) is 8.47. The Morgan fingerprint density at radius 1 is 1.22 bits per heavy atom. The minimum atomic E-state index is -4.28. The van der Waals surface area contributed by atoms with Crippen LogP contribution in [0, 0.1) is 6.92 Å². The third-order valence-corrected chi connectivity index (χ3v) is 3.25. The van der Waals surface area contributed by atoms with Gasteiger partial charge in [0.15, 0.2) is 0 Å². The summed E-state index contributed by atoms with van der Waals surface area (Å²) >= 11 is 0. The zero-order valence-electron chi connectivity index (χ0n) is 10.3. The van der Waals surface area contributed by atoms with Crippen molar-refractivity contribution >= 4 is 5.69 Å². The lowest BCUT2D eigenvalue weighted by Crippen LogP contribution is -2.35. The maximum absolute atomic E-state index is 12.8. The predicted molar refractivity (Wildman–Crippen MR) is 65.7 cm³/mol. The summed E-state index contributed by atoms with van der Waals surface area (Å²) in [4.78, 5) is 0. The molecule has 1 saturated heterocycles. The van der Waals surface area contributed by atoms with Crippen LogP contribution in [-0.4, -0.2) is 19.1 Å². The van der Waals surface area contributed by atoms with Gasteiger partial charge in [-0.2, -0.15) is 13.2 Å². The van der Waals surface area contributed by atoms with Crippen LogP contribution in [-0.2, 0) is 6.18 Å². The lowest BCUT2D eigenvalue weighted by molar-refractivity contribution is -0.138. The van der Waals surface area contributed by atoms with Crippen molar-refractivity contribution < 1.29 is 13.2 Å². The van der Waals surface area contributed by atoms with E-state index in [1.165, 1.54) is 19.1 Å². The first kappa shape index (κ1) is 13.2. The van der Waals surface area contributed by atoms with E-state index in [1.807, 2.05) is 0 Å². The van der Waals surface area contributed by atoms with Gasteiger partial charge in [-0.15, -0.1) is 0 Å². The Hall–Kier alpha value is -1.23.